The SMILES string of the molecule is Clc1cc(Cl)c2ccn(Cc3cncn3C3CC3)c2c1. The van der Waals surface area contributed by atoms with Crippen LogP contribution in [0.3, 0.4) is 0 Å². The molecular formula is C15H13Cl2N3. The second-order valence-electron chi connectivity index (χ2n) is 5.29. The number of benzene rings is 1. The highest BCUT2D eigenvalue weighted by Gasteiger charge is 2.25. The molecule has 1 aliphatic carbocycles. The van der Waals surface area contributed by atoms with Crippen LogP contribution in [0.2, 0.25) is 10.0 Å². The molecule has 20 heavy (non-hydrogen) atoms. The summed E-state index contributed by atoms with van der Waals surface area (Å²) in [6.45, 7) is 0.788. The summed E-state index contributed by atoms with van der Waals surface area (Å²) < 4.78 is 4.45. The Kier molecular flexibility index (Phi) is 2.79. The highest BCUT2D eigenvalue weighted by molar-refractivity contribution is 6.38. The standard InChI is InChI=1S/C15H13Cl2N3/c16-10-5-14(17)13-3-4-19(15(13)6-10)8-12-7-18-9-20(12)11-1-2-11/h3-7,9,11H,1-2,8H2. The quantitative estimate of drug-likeness (QED) is 0.697. The van der Waals surface area contributed by atoms with E-state index >= 15 is 0 Å². The normalized spacial score (nSPS) is 15.1. The Morgan fingerprint density at radius 3 is 2.90 bits per heavy atom. The molecule has 5 heteroatoms. The maximum atomic E-state index is 6.23. The van der Waals surface area contributed by atoms with E-state index in [2.05, 4.69) is 20.3 Å². The Labute approximate surface area is 126 Å². The van der Waals surface area contributed by atoms with Gasteiger partial charge in [0.1, 0.15) is 0 Å². The molecule has 3 aromatic rings. The Balaban J connectivity index is 1.77. The molecule has 0 radical (unpaired) electrons. The van der Waals surface area contributed by atoms with Crippen molar-refractivity contribution in [2.24, 2.45) is 0 Å². The minimum Gasteiger partial charge on any atom is -0.341 e. The zero-order chi connectivity index (χ0) is 13.7. The molecular weight excluding hydrogens is 293 g/mol. The van der Waals surface area contributed by atoms with Gasteiger partial charge in [0.05, 0.1) is 29.1 Å². The van der Waals surface area contributed by atoms with Crippen LogP contribution in [0.5, 0.6) is 0 Å². The van der Waals surface area contributed by atoms with Gasteiger partial charge < -0.3 is 9.13 Å². The molecule has 2 aromatic heterocycles. The Morgan fingerprint density at radius 2 is 2.10 bits per heavy atom. The largest absolute Gasteiger partial charge is 0.341 e. The fraction of sp³-hybridized carbons (Fsp3) is 0.267. The van der Waals surface area contributed by atoms with E-state index < -0.39 is 0 Å². The lowest BCUT2D eigenvalue weighted by Crippen LogP contribution is -2.05. The van der Waals surface area contributed by atoms with Gasteiger partial charge in [-0.3, -0.25) is 0 Å². The van der Waals surface area contributed by atoms with Gasteiger partial charge in [-0.15, -0.1) is 0 Å². The zero-order valence-electron chi connectivity index (χ0n) is 10.8. The molecule has 1 saturated carbocycles. The smallest absolute Gasteiger partial charge is 0.0951 e. The first kappa shape index (κ1) is 12.3. The van der Waals surface area contributed by atoms with Gasteiger partial charge in [-0.1, -0.05) is 23.2 Å². The Hall–Kier alpha value is -1.45. The van der Waals surface area contributed by atoms with Crippen LogP contribution < -0.4 is 0 Å². The van der Waals surface area contributed by atoms with Crippen LogP contribution >= 0.6 is 23.2 Å². The van der Waals surface area contributed by atoms with E-state index in [4.69, 9.17) is 23.2 Å². The van der Waals surface area contributed by atoms with E-state index in [1.165, 1.54) is 18.5 Å². The predicted octanol–water partition coefficient (Wildman–Crippen LogP) is 4.53. The van der Waals surface area contributed by atoms with Gasteiger partial charge in [0.2, 0.25) is 0 Å². The summed E-state index contributed by atoms with van der Waals surface area (Å²) >= 11 is 12.3. The van der Waals surface area contributed by atoms with Gasteiger partial charge in [-0.2, -0.15) is 0 Å². The van der Waals surface area contributed by atoms with Gasteiger partial charge in [-0.05, 0) is 31.0 Å². The number of hydrogen-bond donors (Lipinski definition) is 0. The minimum atomic E-state index is 0.640. The molecule has 0 aliphatic heterocycles. The number of hydrogen-bond acceptors (Lipinski definition) is 1. The Bertz CT molecular complexity index is 784. The lowest BCUT2D eigenvalue weighted by Gasteiger charge is -2.09. The topological polar surface area (TPSA) is 22.8 Å². The van der Waals surface area contributed by atoms with Crippen LogP contribution in [0.1, 0.15) is 24.6 Å². The molecule has 0 atom stereocenters. The lowest BCUT2D eigenvalue weighted by molar-refractivity contribution is 0.665. The van der Waals surface area contributed by atoms with Crippen molar-refractivity contribution in [2.45, 2.75) is 25.4 Å². The molecule has 102 valence electrons. The van der Waals surface area contributed by atoms with Crippen LogP contribution in [0.4, 0.5) is 0 Å². The number of imidazole rings is 1. The maximum Gasteiger partial charge on any atom is 0.0951 e. The van der Waals surface area contributed by atoms with Crippen LogP contribution in [-0.2, 0) is 6.54 Å². The van der Waals surface area contributed by atoms with Crippen molar-refractivity contribution in [2.75, 3.05) is 0 Å². The summed E-state index contributed by atoms with van der Waals surface area (Å²) in [4.78, 5) is 4.28. The predicted molar refractivity (Wildman–Crippen MR) is 81.6 cm³/mol. The molecule has 0 N–H and O–H groups in total. The summed E-state index contributed by atoms with van der Waals surface area (Å²) in [5.74, 6) is 0. The molecule has 0 saturated heterocycles. The van der Waals surface area contributed by atoms with Gasteiger partial charge in [0.25, 0.3) is 0 Å². The minimum absolute atomic E-state index is 0.640. The third-order valence-corrected chi connectivity index (χ3v) is 4.35. The average molecular weight is 306 g/mol. The highest BCUT2D eigenvalue weighted by atomic mass is 35.5. The fourth-order valence-corrected chi connectivity index (χ4v) is 3.21. The van der Waals surface area contributed by atoms with Gasteiger partial charge in [0.15, 0.2) is 0 Å². The molecule has 3 nitrogen and oxygen atoms in total. The summed E-state index contributed by atoms with van der Waals surface area (Å²) in [6, 6.07) is 6.41. The van der Waals surface area contributed by atoms with Crippen molar-refractivity contribution in [3.05, 3.63) is 52.7 Å². The van der Waals surface area contributed by atoms with E-state index in [0.29, 0.717) is 16.1 Å². The number of nitrogens with zero attached hydrogens (tertiary/aromatic N) is 3. The van der Waals surface area contributed by atoms with Crippen molar-refractivity contribution in [3.63, 3.8) is 0 Å². The van der Waals surface area contributed by atoms with Gasteiger partial charge >= 0.3 is 0 Å². The molecule has 0 unspecified atom stereocenters. The number of aromatic nitrogens is 3. The molecule has 0 amide bonds. The van der Waals surface area contributed by atoms with Crippen molar-refractivity contribution in [1.29, 1.82) is 0 Å². The van der Waals surface area contributed by atoms with Crippen LogP contribution in [-0.4, -0.2) is 14.1 Å². The monoisotopic (exact) mass is 305 g/mol. The number of halogens is 2. The van der Waals surface area contributed by atoms with E-state index in [-0.39, 0.29) is 0 Å². The average Bonchev–Trinajstić information content (AvgIpc) is 3.02. The molecule has 0 spiro atoms. The molecule has 1 aliphatic rings. The van der Waals surface area contributed by atoms with Gasteiger partial charge in [0, 0.05) is 28.8 Å². The molecule has 0 bridgehead atoms. The van der Waals surface area contributed by atoms with E-state index in [9.17, 15) is 0 Å². The second kappa shape index (κ2) is 4.54. The van der Waals surface area contributed by atoms with E-state index in [1.807, 2.05) is 24.7 Å². The van der Waals surface area contributed by atoms with Gasteiger partial charge in [-0.25, -0.2) is 4.98 Å². The third kappa shape index (κ3) is 2.02. The second-order valence-corrected chi connectivity index (χ2v) is 6.13. The van der Waals surface area contributed by atoms with Crippen molar-refractivity contribution in [1.82, 2.24) is 14.1 Å². The van der Waals surface area contributed by atoms with Crippen molar-refractivity contribution < 1.29 is 0 Å². The highest BCUT2D eigenvalue weighted by Crippen LogP contribution is 2.36. The first-order valence-electron chi connectivity index (χ1n) is 6.67. The number of rotatable bonds is 3. The van der Waals surface area contributed by atoms with Crippen molar-refractivity contribution >= 4 is 34.1 Å². The number of fused-ring (bicyclic) bond motifs is 1. The molecule has 4 rings (SSSR count). The summed E-state index contributed by atoms with van der Waals surface area (Å²) in [5.41, 5.74) is 2.28. The zero-order valence-corrected chi connectivity index (χ0v) is 12.3. The third-order valence-electron chi connectivity index (χ3n) is 3.82. The lowest BCUT2D eigenvalue weighted by atomic mass is 10.2. The maximum absolute atomic E-state index is 6.23. The molecule has 1 aromatic carbocycles. The fourth-order valence-electron chi connectivity index (χ4n) is 2.67. The van der Waals surface area contributed by atoms with Crippen LogP contribution in [0, 0.1) is 0 Å². The first-order chi connectivity index (χ1) is 9.72. The van der Waals surface area contributed by atoms with Crippen LogP contribution in [0.15, 0.2) is 36.9 Å². The molecule has 1 fully saturated rings. The van der Waals surface area contributed by atoms with Crippen LogP contribution in [0.25, 0.3) is 10.9 Å². The van der Waals surface area contributed by atoms with E-state index in [1.54, 1.807) is 6.07 Å². The summed E-state index contributed by atoms with van der Waals surface area (Å²) in [6.07, 6.45) is 8.44. The molecule has 2 heterocycles. The summed E-state index contributed by atoms with van der Waals surface area (Å²) in [5, 5.41) is 2.40. The van der Waals surface area contributed by atoms with Crippen molar-refractivity contribution in [3.8, 4) is 0 Å². The van der Waals surface area contributed by atoms with E-state index in [0.717, 1.165) is 17.4 Å². The summed E-state index contributed by atoms with van der Waals surface area (Å²) in [7, 11) is 0. The Morgan fingerprint density at radius 1 is 1.25 bits per heavy atom. The first-order valence-corrected chi connectivity index (χ1v) is 7.42.